The van der Waals surface area contributed by atoms with Gasteiger partial charge in [-0.25, -0.2) is 4.39 Å². The first kappa shape index (κ1) is 14.4. The molecule has 2 nitrogen and oxygen atoms in total. The van der Waals surface area contributed by atoms with E-state index in [1.165, 1.54) is 11.6 Å². The molecule has 0 aromatic heterocycles. The summed E-state index contributed by atoms with van der Waals surface area (Å²) in [5, 5.41) is 0. The Labute approximate surface area is 119 Å². The van der Waals surface area contributed by atoms with E-state index in [-0.39, 0.29) is 11.1 Å². The molecule has 0 atom stereocenters. The third-order valence-electron chi connectivity index (χ3n) is 3.27. The molecule has 0 saturated heterocycles. The Kier molecular flexibility index (Phi) is 3.71. The summed E-state index contributed by atoms with van der Waals surface area (Å²) in [6.45, 7) is 8.45. The van der Waals surface area contributed by atoms with Gasteiger partial charge in [0.15, 0.2) is 5.75 Å². The fourth-order valence-corrected chi connectivity index (χ4v) is 1.96. The molecule has 2 aromatic carbocycles. The van der Waals surface area contributed by atoms with Gasteiger partial charge in [-0.1, -0.05) is 39.0 Å². The van der Waals surface area contributed by atoms with Gasteiger partial charge >= 0.3 is 0 Å². The van der Waals surface area contributed by atoms with Gasteiger partial charge in [0.25, 0.3) is 0 Å². The smallest absolute Gasteiger partial charge is 0.153 e. The van der Waals surface area contributed by atoms with Crippen LogP contribution >= 0.6 is 0 Å². The van der Waals surface area contributed by atoms with E-state index in [2.05, 4.69) is 26.8 Å². The van der Waals surface area contributed by atoms with Crippen molar-refractivity contribution in [2.75, 3.05) is 5.73 Å². The number of rotatable bonds is 2. The van der Waals surface area contributed by atoms with Crippen LogP contribution in [0.4, 0.5) is 10.1 Å². The zero-order valence-electron chi connectivity index (χ0n) is 12.3. The van der Waals surface area contributed by atoms with Crippen molar-refractivity contribution in [1.29, 1.82) is 0 Å². The summed E-state index contributed by atoms with van der Waals surface area (Å²) in [7, 11) is 0. The summed E-state index contributed by atoms with van der Waals surface area (Å²) in [6.07, 6.45) is 0. The number of hydrogen-bond acceptors (Lipinski definition) is 2. The third kappa shape index (κ3) is 2.93. The van der Waals surface area contributed by atoms with Crippen LogP contribution in [-0.4, -0.2) is 0 Å². The van der Waals surface area contributed by atoms with Gasteiger partial charge in [0.05, 0.1) is 0 Å². The molecule has 20 heavy (non-hydrogen) atoms. The monoisotopic (exact) mass is 273 g/mol. The third-order valence-corrected chi connectivity index (χ3v) is 3.27. The van der Waals surface area contributed by atoms with Crippen molar-refractivity contribution in [3.8, 4) is 11.5 Å². The van der Waals surface area contributed by atoms with Crippen LogP contribution in [0.3, 0.4) is 0 Å². The van der Waals surface area contributed by atoms with Gasteiger partial charge in [-0.2, -0.15) is 0 Å². The molecule has 2 aromatic rings. The molecule has 0 saturated carbocycles. The van der Waals surface area contributed by atoms with Crippen molar-refractivity contribution in [2.24, 2.45) is 0 Å². The molecule has 3 heteroatoms. The molecule has 0 amide bonds. The van der Waals surface area contributed by atoms with Crippen molar-refractivity contribution in [1.82, 2.24) is 0 Å². The fourth-order valence-electron chi connectivity index (χ4n) is 1.96. The topological polar surface area (TPSA) is 35.2 Å². The molecule has 2 N–H and O–H groups in total. The second kappa shape index (κ2) is 5.16. The van der Waals surface area contributed by atoms with Crippen LogP contribution in [0.1, 0.15) is 31.9 Å². The van der Waals surface area contributed by atoms with E-state index in [1.54, 1.807) is 12.1 Å². The second-order valence-electron chi connectivity index (χ2n) is 5.98. The minimum absolute atomic E-state index is 0.0341. The van der Waals surface area contributed by atoms with Crippen molar-refractivity contribution in [3.63, 3.8) is 0 Å². The Hall–Kier alpha value is -2.03. The first-order valence-electron chi connectivity index (χ1n) is 6.62. The van der Waals surface area contributed by atoms with Gasteiger partial charge in [-0.05, 0) is 41.7 Å². The summed E-state index contributed by atoms with van der Waals surface area (Å²) >= 11 is 0. The lowest BCUT2D eigenvalue weighted by molar-refractivity contribution is 0.475. The molecule has 0 fully saturated rings. The molecule has 0 unspecified atom stereocenters. The number of ether oxygens (including phenoxy) is 1. The number of halogens is 1. The normalized spacial score (nSPS) is 11.4. The van der Waals surface area contributed by atoms with Gasteiger partial charge in [-0.3, -0.25) is 0 Å². The summed E-state index contributed by atoms with van der Waals surface area (Å²) in [5.41, 5.74) is 8.03. The highest BCUT2D eigenvalue weighted by molar-refractivity contribution is 5.55. The fraction of sp³-hybridized carbons (Fsp3) is 0.294. The summed E-state index contributed by atoms with van der Waals surface area (Å²) < 4.78 is 19.1. The molecular formula is C17H20FNO. The maximum Gasteiger partial charge on any atom is 0.153 e. The standard InChI is InChI=1S/C17H20FNO/c1-11-10-12(17(2,3)4)8-9-14(11)20-15-7-5-6-13(18)16(15)19/h5-10H,19H2,1-4H3. The van der Waals surface area contributed by atoms with Gasteiger partial charge in [-0.15, -0.1) is 0 Å². The molecule has 2 rings (SSSR count). The largest absolute Gasteiger partial charge is 0.455 e. The summed E-state index contributed by atoms with van der Waals surface area (Å²) in [4.78, 5) is 0. The highest BCUT2D eigenvalue weighted by atomic mass is 19.1. The summed E-state index contributed by atoms with van der Waals surface area (Å²) in [5.74, 6) is 0.568. The Balaban J connectivity index is 2.33. The van der Waals surface area contributed by atoms with Gasteiger partial charge in [0.2, 0.25) is 0 Å². The average molecular weight is 273 g/mol. The molecule has 106 valence electrons. The predicted molar refractivity (Wildman–Crippen MR) is 80.8 cm³/mol. The molecule has 0 spiro atoms. The number of para-hydroxylation sites is 1. The van der Waals surface area contributed by atoms with E-state index in [9.17, 15) is 4.39 Å². The quantitative estimate of drug-likeness (QED) is 0.797. The van der Waals surface area contributed by atoms with Crippen molar-refractivity contribution >= 4 is 5.69 Å². The maximum atomic E-state index is 13.4. The zero-order valence-corrected chi connectivity index (χ0v) is 12.3. The van der Waals surface area contributed by atoms with Crippen molar-refractivity contribution in [2.45, 2.75) is 33.1 Å². The number of hydrogen-bond donors (Lipinski definition) is 1. The van der Waals surface area contributed by atoms with E-state index in [0.717, 1.165) is 5.56 Å². The van der Waals surface area contributed by atoms with Crippen LogP contribution in [0.5, 0.6) is 11.5 Å². The number of anilines is 1. The van der Waals surface area contributed by atoms with Crippen LogP contribution in [0.15, 0.2) is 36.4 Å². The van der Waals surface area contributed by atoms with Crippen LogP contribution in [0.25, 0.3) is 0 Å². The lowest BCUT2D eigenvalue weighted by atomic mass is 9.86. The van der Waals surface area contributed by atoms with Gasteiger partial charge < -0.3 is 10.5 Å². The number of aryl methyl sites for hydroxylation is 1. The van der Waals surface area contributed by atoms with Crippen molar-refractivity contribution in [3.05, 3.63) is 53.3 Å². The molecule has 0 radical (unpaired) electrons. The first-order chi connectivity index (χ1) is 9.29. The Morgan fingerprint density at radius 2 is 1.75 bits per heavy atom. The Morgan fingerprint density at radius 3 is 2.35 bits per heavy atom. The van der Waals surface area contributed by atoms with E-state index >= 15 is 0 Å². The highest BCUT2D eigenvalue weighted by Gasteiger charge is 2.15. The van der Waals surface area contributed by atoms with E-state index in [4.69, 9.17) is 10.5 Å². The number of nitrogen functional groups attached to an aromatic ring is 1. The lowest BCUT2D eigenvalue weighted by Crippen LogP contribution is -2.11. The minimum atomic E-state index is -0.466. The highest BCUT2D eigenvalue weighted by Crippen LogP contribution is 2.33. The first-order valence-corrected chi connectivity index (χ1v) is 6.62. The van der Waals surface area contributed by atoms with Crippen LogP contribution in [-0.2, 0) is 5.41 Å². The van der Waals surface area contributed by atoms with Crippen molar-refractivity contribution < 1.29 is 9.13 Å². The van der Waals surface area contributed by atoms with Crippen LogP contribution < -0.4 is 10.5 Å². The molecule has 0 aliphatic carbocycles. The number of benzene rings is 2. The average Bonchev–Trinajstić information content (AvgIpc) is 2.36. The van der Waals surface area contributed by atoms with Crippen LogP contribution in [0, 0.1) is 12.7 Å². The predicted octanol–water partition coefficient (Wildman–Crippen LogP) is 4.81. The van der Waals surface area contributed by atoms with E-state index < -0.39 is 5.82 Å². The maximum absolute atomic E-state index is 13.4. The SMILES string of the molecule is Cc1cc(C(C)(C)C)ccc1Oc1cccc(F)c1N. The van der Waals surface area contributed by atoms with E-state index in [1.807, 2.05) is 19.1 Å². The lowest BCUT2D eigenvalue weighted by Gasteiger charge is -2.20. The summed E-state index contributed by atoms with van der Waals surface area (Å²) in [6, 6.07) is 10.6. The second-order valence-corrected chi connectivity index (χ2v) is 5.98. The van der Waals surface area contributed by atoms with Crippen LogP contribution in [0.2, 0.25) is 0 Å². The molecule has 0 bridgehead atoms. The number of nitrogens with two attached hydrogens (primary N) is 1. The zero-order chi connectivity index (χ0) is 14.9. The Morgan fingerprint density at radius 1 is 1.05 bits per heavy atom. The minimum Gasteiger partial charge on any atom is -0.455 e. The Bertz CT molecular complexity index is 629. The molecular weight excluding hydrogens is 253 g/mol. The molecule has 0 heterocycles. The van der Waals surface area contributed by atoms with Gasteiger partial charge in [0, 0.05) is 0 Å². The van der Waals surface area contributed by atoms with Gasteiger partial charge in [0.1, 0.15) is 17.3 Å². The van der Waals surface area contributed by atoms with E-state index in [0.29, 0.717) is 11.5 Å². The molecule has 0 aliphatic heterocycles. The molecule has 0 aliphatic rings.